The van der Waals surface area contributed by atoms with Gasteiger partial charge in [0.2, 0.25) is 0 Å². The van der Waals surface area contributed by atoms with Crippen LogP contribution in [0.1, 0.15) is 37.8 Å². The quantitative estimate of drug-likeness (QED) is 0.696. The molecule has 0 fully saturated rings. The van der Waals surface area contributed by atoms with Crippen molar-refractivity contribution in [3.63, 3.8) is 0 Å². The maximum absolute atomic E-state index is 12.4. The number of benzene rings is 1. The van der Waals surface area contributed by atoms with E-state index in [1.54, 1.807) is 0 Å². The van der Waals surface area contributed by atoms with Crippen LogP contribution in [0.25, 0.3) is 0 Å². The molecule has 0 unspecified atom stereocenters. The van der Waals surface area contributed by atoms with Crippen molar-refractivity contribution in [1.82, 2.24) is 0 Å². The van der Waals surface area contributed by atoms with Gasteiger partial charge in [-0.3, -0.25) is 0 Å². The monoisotopic (exact) mass is 346 g/mol. The molecule has 0 aliphatic rings. The minimum atomic E-state index is -3.08. The van der Waals surface area contributed by atoms with Gasteiger partial charge in [-0.1, -0.05) is 59.6 Å². The first-order valence-electron chi connectivity index (χ1n) is 6.68. The van der Waals surface area contributed by atoms with Crippen LogP contribution in [0.5, 0.6) is 0 Å². The third-order valence-electron chi connectivity index (χ3n) is 3.78. The van der Waals surface area contributed by atoms with E-state index in [-0.39, 0.29) is 16.9 Å². The van der Waals surface area contributed by atoms with E-state index in [1.807, 2.05) is 31.2 Å². The van der Waals surface area contributed by atoms with E-state index < -0.39 is 9.84 Å². The fraction of sp³-hybridized carbons (Fsp3) is 0.600. The summed E-state index contributed by atoms with van der Waals surface area (Å²) in [6.07, 6.45) is 1.75. The zero-order valence-electron chi connectivity index (χ0n) is 11.9. The molecule has 0 amide bonds. The zero-order chi connectivity index (χ0) is 14.5. The topological polar surface area (TPSA) is 34.1 Å². The molecule has 0 spiro atoms. The highest BCUT2D eigenvalue weighted by Crippen LogP contribution is 2.31. The summed E-state index contributed by atoms with van der Waals surface area (Å²) in [6, 6.07) is 7.73. The minimum Gasteiger partial charge on any atom is -0.228 e. The third kappa shape index (κ3) is 4.92. The number of hydrogen-bond acceptors (Lipinski definition) is 2. The fourth-order valence-electron chi connectivity index (χ4n) is 2.26. The van der Waals surface area contributed by atoms with E-state index in [1.165, 1.54) is 0 Å². The molecule has 1 aromatic carbocycles. The number of sulfone groups is 1. The van der Waals surface area contributed by atoms with Crippen LogP contribution in [0.3, 0.4) is 0 Å². The molecule has 0 saturated carbocycles. The summed E-state index contributed by atoms with van der Waals surface area (Å²) in [4.78, 5) is 0. The number of rotatable bonds is 7. The molecule has 1 aromatic rings. The van der Waals surface area contributed by atoms with E-state index >= 15 is 0 Å². The molecule has 4 heteroatoms. The first-order chi connectivity index (χ1) is 8.86. The van der Waals surface area contributed by atoms with Gasteiger partial charge in [0, 0.05) is 5.33 Å². The summed E-state index contributed by atoms with van der Waals surface area (Å²) < 4.78 is 24.8. The van der Waals surface area contributed by atoms with Crippen LogP contribution in [0.2, 0.25) is 0 Å². The van der Waals surface area contributed by atoms with Crippen molar-refractivity contribution < 1.29 is 8.42 Å². The van der Waals surface area contributed by atoms with Gasteiger partial charge in [0.05, 0.1) is 11.5 Å². The van der Waals surface area contributed by atoms with E-state index in [9.17, 15) is 8.42 Å². The molecule has 0 aromatic heterocycles. The van der Waals surface area contributed by atoms with Crippen molar-refractivity contribution in [2.75, 3.05) is 11.1 Å². The SMILES string of the molecule is CCC(CC)(CBr)CS(=O)(=O)Cc1cccc(C)c1. The maximum atomic E-state index is 12.4. The highest BCUT2D eigenvalue weighted by Gasteiger charge is 2.31. The Bertz CT molecular complexity index is 496. The minimum absolute atomic E-state index is 0.136. The van der Waals surface area contributed by atoms with Gasteiger partial charge in [-0.05, 0) is 30.7 Å². The van der Waals surface area contributed by atoms with Crippen LogP contribution in [0.4, 0.5) is 0 Å². The lowest BCUT2D eigenvalue weighted by molar-refractivity contribution is 0.351. The number of alkyl halides is 1. The van der Waals surface area contributed by atoms with Gasteiger partial charge in [0.1, 0.15) is 0 Å². The molecule has 2 nitrogen and oxygen atoms in total. The van der Waals surface area contributed by atoms with Crippen molar-refractivity contribution in [1.29, 1.82) is 0 Å². The Morgan fingerprint density at radius 3 is 2.32 bits per heavy atom. The highest BCUT2D eigenvalue weighted by atomic mass is 79.9. The molecule has 1 rings (SSSR count). The summed E-state index contributed by atoms with van der Waals surface area (Å²) in [5, 5.41) is 0.736. The van der Waals surface area contributed by atoms with Crippen molar-refractivity contribution in [2.24, 2.45) is 5.41 Å². The first-order valence-corrected chi connectivity index (χ1v) is 9.62. The van der Waals surface area contributed by atoms with Crippen LogP contribution in [0, 0.1) is 12.3 Å². The molecule has 0 aliphatic heterocycles. The largest absolute Gasteiger partial charge is 0.228 e. The molecule has 108 valence electrons. The Morgan fingerprint density at radius 2 is 1.84 bits per heavy atom. The summed E-state index contributed by atoms with van der Waals surface area (Å²) in [5.74, 6) is 0.398. The number of halogens is 1. The second kappa shape index (κ2) is 6.89. The fourth-order valence-corrected chi connectivity index (χ4v) is 5.74. The molecular formula is C15H23BrO2S. The summed E-state index contributed by atoms with van der Waals surface area (Å²) >= 11 is 3.48. The van der Waals surface area contributed by atoms with Gasteiger partial charge >= 0.3 is 0 Å². The molecule has 0 atom stereocenters. The normalized spacial score (nSPS) is 12.6. The molecule has 0 heterocycles. The van der Waals surface area contributed by atoms with Gasteiger partial charge in [-0.25, -0.2) is 8.42 Å². The van der Waals surface area contributed by atoms with E-state index in [0.717, 1.165) is 29.3 Å². The summed E-state index contributed by atoms with van der Waals surface area (Å²) in [6.45, 7) is 6.11. The molecule has 19 heavy (non-hydrogen) atoms. The first kappa shape index (κ1) is 16.7. The van der Waals surface area contributed by atoms with E-state index in [2.05, 4.69) is 29.8 Å². The molecule has 0 bridgehead atoms. The smallest absolute Gasteiger partial charge is 0.155 e. The standard InChI is InChI=1S/C15H23BrO2S/c1-4-15(5-2,11-16)12-19(17,18)10-14-8-6-7-13(3)9-14/h6-9H,4-5,10-12H2,1-3H3. The van der Waals surface area contributed by atoms with Crippen LogP contribution in [0.15, 0.2) is 24.3 Å². The summed E-state index contributed by atoms with van der Waals surface area (Å²) in [7, 11) is -3.08. The van der Waals surface area contributed by atoms with Gasteiger partial charge in [0.15, 0.2) is 9.84 Å². The predicted octanol–water partition coefficient (Wildman–Crippen LogP) is 4.11. The van der Waals surface area contributed by atoms with E-state index in [0.29, 0.717) is 0 Å². The zero-order valence-corrected chi connectivity index (χ0v) is 14.4. The second-order valence-corrected chi connectivity index (χ2v) is 7.99. The molecule has 0 aliphatic carbocycles. The molecule has 0 saturated heterocycles. The highest BCUT2D eigenvalue weighted by molar-refractivity contribution is 9.09. The average molecular weight is 347 g/mol. The number of hydrogen-bond donors (Lipinski definition) is 0. The van der Waals surface area contributed by atoms with Crippen molar-refractivity contribution in [3.05, 3.63) is 35.4 Å². The van der Waals surface area contributed by atoms with Crippen LogP contribution in [-0.4, -0.2) is 19.5 Å². The molecule has 0 radical (unpaired) electrons. The van der Waals surface area contributed by atoms with Crippen LogP contribution in [-0.2, 0) is 15.6 Å². The van der Waals surface area contributed by atoms with Gasteiger partial charge in [-0.15, -0.1) is 0 Å². The Morgan fingerprint density at radius 1 is 1.21 bits per heavy atom. The lowest BCUT2D eigenvalue weighted by atomic mass is 9.87. The van der Waals surface area contributed by atoms with Gasteiger partial charge in [-0.2, -0.15) is 0 Å². The van der Waals surface area contributed by atoms with Crippen molar-refractivity contribution in [3.8, 4) is 0 Å². The Hall–Kier alpha value is -0.350. The van der Waals surface area contributed by atoms with Crippen LogP contribution < -0.4 is 0 Å². The molecular weight excluding hydrogens is 324 g/mol. The van der Waals surface area contributed by atoms with Crippen molar-refractivity contribution in [2.45, 2.75) is 39.4 Å². The third-order valence-corrected chi connectivity index (χ3v) is 6.79. The van der Waals surface area contributed by atoms with Crippen molar-refractivity contribution >= 4 is 25.8 Å². The Labute approximate surface area is 125 Å². The second-order valence-electron chi connectivity index (χ2n) is 5.36. The molecule has 0 N–H and O–H groups in total. The van der Waals surface area contributed by atoms with E-state index in [4.69, 9.17) is 0 Å². The Kier molecular flexibility index (Phi) is 6.06. The predicted molar refractivity (Wildman–Crippen MR) is 85.5 cm³/mol. The average Bonchev–Trinajstić information content (AvgIpc) is 2.35. The Balaban J connectivity index is 2.87. The number of aryl methyl sites for hydroxylation is 1. The lowest BCUT2D eigenvalue weighted by Crippen LogP contribution is -2.31. The lowest BCUT2D eigenvalue weighted by Gasteiger charge is -2.29. The van der Waals surface area contributed by atoms with Gasteiger partial charge < -0.3 is 0 Å². The summed E-state index contributed by atoms with van der Waals surface area (Å²) in [5.41, 5.74) is 1.85. The maximum Gasteiger partial charge on any atom is 0.155 e. The van der Waals surface area contributed by atoms with Gasteiger partial charge in [0.25, 0.3) is 0 Å². The van der Waals surface area contributed by atoms with Crippen LogP contribution >= 0.6 is 15.9 Å².